The highest BCUT2D eigenvalue weighted by Gasteiger charge is 2.35. The normalized spacial score (nSPS) is 14.6. The molecular formula is C19H29N5O7. The van der Waals surface area contributed by atoms with Crippen LogP contribution in [-0.4, -0.2) is 53.4 Å². The second kappa shape index (κ2) is 12.5. The van der Waals surface area contributed by atoms with Gasteiger partial charge in [-0.2, -0.15) is 0 Å². The van der Waals surface area contributed by atoms with Crippen LogP contribution in [-0.2, 0) is 28.8 Å². The third kappa shape index (κ3) is 10.4. The van der Waals surface area contributed by atoms with Crippen molar-refractivity contribution in [2.45, 2.75) is 71.3 Å². The van der Waals surface area contributed by atoms with Crippen LogP contribution in [0.2, 0.25) is 0 Å². The van der Waals surface area contributed by atoms with E-state index in [1.54, 1.807) is 20.8 Å². The molecule has 1 atom stereocenters. The number of azide groups is 1. The van der Waals surface area contributed by atoms with Gasteiger partial charge in [0.15, 0.2) is 0 Å². The maximum absolute atomic E-state index is 12.5. The van der Waals surface area contributed by atoms with Crippen LogP contribution in [0.1, 0.15) is 65.7 Å². The van der Waals surface area contributed by atoms with Gasteiger partial charge in [0.2, 0.25) is 0 Å². The minimum atomic E-state index is -0.874. The Balaban J connectivity index is 2.57. The zero-order valence-corrected chi connectivity index (χ0v) is 18.1. The monoisotopic (exact) mass is 439 g/mol. The van der Waals surface area contributed by atoms with Crippen LogP contribution in [0.15, 0.2) is 5.11 Å². The van der Waals surface area contributed by atoms with E-state index in [0.29, 0.717) is 24.4 Å². The van der Waals surface area contributed by atoms with Crippen molar-refractivity contribution < 1.29 is 33.5 Å². The lowest BCUT2D eigenvalue weighted by Gasteiger charge is -2.20. The summed E-state index contributed by atoms with van der Waals surface area (Å²) in [4.78, 5) is 67.1. The fraction of sp³-hybridized carbons (Fsp3) is 0.737. The number of rotatable bonds is 12. The molecule has 1 fully saturated rings. The number of Topliss-reactive ketones (excluding diaryl/α,β-unsaturated/α-hetero) is 1. The van der Waals surface area contributed by atoms with E-state index >= 15 is 0 Å². The van der Waals surface area contributed by atoms with Gasteiger partial charge in [0, 0.05) is 43.7 Å². The summed E-state index contributed by atoms with van der Waals surface area (Å²) in [6.45, 7) is 5.53. The molecule has 12 nitrogen and oxygen atoms in total. The van der Waals surface area contributed by atoms with E-state index in [4.69, 9.17) is 15.1 Å². The van der Waals surface area contributed by atoms with Crippen LogP contribution in [0.3, 0.4) is 0 Å². The molecule has 3 amide bonds. The summed E-state index contributed by atoms with van der Waals surface area (Å²) in [5.74, 6) is -3.23. The molecule has 12 heteroatoms. The molecule has 0 saturated carbocycles. The maximum atomic E-state index is 12.5. The van der Waals surface area contributed by atoms with E-state index in [-0.39, 0.29) is 44.4 Å². The van der Waals surface area contributed by atoms with Crippen LogP contribution in [0.5, 0.6) is 0 Å². The predicted molar refractivity (Wildman–Crippen MR) is 107 cm³/mol. The zero-order chi connectivity index (χ0) is 23.4. The Bertz CT molecular complexity index is 724. The Labute approximate surface area is 180 Å². The first-order valence-corrected chi connectivity index (χ1v) is 10.1. The second-order valence-electron chi connectivity index (χ2n) is 8.06. The van der Waals surface area contributed by atoms with Gasteiger partial charge >= 0.3 is 12.1 Å². The molecule has 0 aliphatic carbocycles. The Morgan fingerprint density at radius 2 is 1.84 bits per heavy atom. The molecule has 1 rings (SSSR count). The molecule has 31 heavy (non-hydrogen) atoms. The fourth-order valence-electron chi connectivity index (χ4n) is 2.74. The Hall–Kier alpha value is -3.14. The molecule has 1 saturated heterocycles. The number of hydroxylamine groups is 2. The van der Waals surface area contributed by atoms with Crippen molar-refractivity contribution in [3.63, 3.8) is 0 Å². The third-order valence-electron chi connectivity index (χ3n) is 4.20. The highest BCUT2D eigenvalue weighted by atomic mass is 16.7. The van der Waals surface area contributed by atoms with Crippen molar-refractivity contribution in [1.29, 1.82) is 0 Å². The van der Waals surface area contributed by atoms with Crippen molar-refractivity contribution in [2.24, 2.45) is 11.0 Å². The quantitative estimate of drug-likeness (QED) is 0.160. The lowest BCUT2D eigenvalue weighted by Crippen LogP contribution is -2.35. The number of carbonyl (C=O) groups excluding carboxylic acids is 5. The molecule has 0 unspecified atom stereocenters. The topological polar surface area (TPSA) is 168 Å². The van der Waals surface area contributed by atoms with Crippen molar-refractivity contribution in [2.75, 3.05) is 13.1 Å². The molecule has 0 bridgehead atoms. The van der Waals surface area contributed by atoms with Crippen molar-refractivity contribution >= 4 is 29.7 Å². The fourth-order valence-corrected chi connectivity index (χ4v) is 2.74. The van der Waals surface area contributed by atoms with Gasteiger partial charge < -0.3 is 14.9 Å². The average molecular weight is 439 g/mol. The van der Waals surface area contributed by atoms with Gasteiger partial charge in [0.1, 0.15) is 11.4 Å². The first-order valence-electron chi connectivity index (χ1n) is 10.1. The summed E-state index contributed by atoms with van der Waals surface area (Å²) in [5.41, 5.74) is 7.68. The van der Waals surface area contributed by atoms with Gasteiger partial charge in [-0.15, -0.1) is 5.06 Å². The number of hydrogen-bond acceptors (Lipinski definition) is 8. The summed E-state index contributed by atoms with van der Waals surface area (Å²) in [7, 11) is 0. The van der Waals surface area contributed by atoms with Crippen molar-refractivity contribution in [3.8, 4) is 0 Å². The number of alkyl carbamates (subject to hydrolysis) is 1. The summed E-state index contributed by atoms with van der Waals surface area (Å²) in [6, 6.07) is 0. The highest BCUT2D eigenvalue weighted by Crippen LogP contribution is 2.20. The van der Waals surface area contributed by atoms with E-state index in [2.05, 4.69) is 15.3 Å². The molecule has 0 spiro atoms. The molecule has 0 radical (unpaired) electrons. The number of carbonyl (C=O) groups is 5. The first-order chi connectivity index (χ1) is 14.5. The summed E-state index contributed by atoms with van der Waals surface area (Å²) >= 11 is 0. The molecule has 1 aliphatic heterocycles. The van der Waals surface area contributed by atoms with Crippen LogP contribution in [0, 0.1) is 5.92 Å². The number of unbranched alkanes of at least 4 members (excludes halogenated alkanes) is 1. The van der Waals surface area contributed by atoms with Gasteiger partial charge in [-0.25, -0.2) is 9.59 Å². The average Bonchev–Trinajstić information content (AvgIpc) is 2.97. The van der Waals surface area contributed by atoms with Gasteiger partial charge in [-0.3, -0.25) is 14.4 Å². The highest BCUT2D eigenvalue weighted by molar-refractivity contribution is 6.01. The lowest BCUT2D eigenvalue weighted by molar-refractivity contribution is -0.201. The molecular weight excluding hydrogens is 410 g/mol. The summed E-state index contributed by atoms with van der Waals surface area (Å²) < 4.78 is 5.12. The smallest absolute Gasteiger partial charge is 0.407 e. The number of nitrogens with zero attached hydrogens (tertiary/aromatic N) is 4. The largest absolute Gasteiger partial charge is 0.444 e. The number of amides is 3. The van der Waals surface area contributed by atoms with Crippen LogP contribution < -0.4 is 5.32 Å². The molecule has 1 heterocycles. The van der Waals surface area contributed by atoms with Gasteiger partial charge in [0.05, 0.1) is 5.92 Å². The van der Waals surface area contributed by atoms with E-state index in [1.165, 1.54) is 0 Å². The van der Waals surface area contributed by atoms with Gasteiger partial charge in [-0.1, -0.05) is 11.5 Å². The van der Waals surface area contributed by atoms with Gasteiger partial charge in [0.25, 0.3) is 11.8 Å². The number of hydrogen-bond donors (Lipinski definition) is 1. The van der Waals surface area contributed by atoms with Crippen LogP contribution in [0.4, 0.5) is 4.79 Å². The molecule has 0 aromatic heterocycles. The van der Waals surface area contributed by atoms with Crippen LogP contribution in [0.25, 0.3) is 10.4 Å². The van der Waals surface area contributed by atoms with Gasteiger partial charge in [-0.05, 0) is 39.1 Å². The first kappa shape index (κ1) is 25.9. The predicted octanol–water partition coefficient (Wildman–Crippen LogP) is 2.56. The number of ketones is 1. The zero-order valence-electron chi connectivity index (χ0n) is 18.1. The Morgan fingerprint density at radius 3 is 2.42 bits per heavy atom. The minimum Gasteiger partial charge on any atom is -0.444 e. The Kier molecular flexibility index (Phi) is 10.5. The molecule has 172 valence electrons. The molecule has 1 N–H and O–H groups in total. The third-order valence-corrected chi connectivity index (χ3v) is 4.20. The summed E-state index contributed by atoms with van der Waals surface area (Å²) in [5, 5.41) is 6.34. The second-order valence-corrected chi connectivity index (χ2v) is 8.06. The number of nitrogens with one attached hydrogen (secondary N) is 1. The van der Waals surface area contributed by atoms with E-state index < -0.39 is 35.4 Å². The SMILES string of the molecule is CC(C)(C)OC(=O)NCCCC[C@H](CC(=O)CCN=[N+]=[N-])C(=O)ON1C(=O)CCC1=O. The molecule has 0 aromatic carbocycles. The van der Waals surface area contributed by atoms with Crippen molar-refractivity contribution in [3.05, 3.63) is 10.4 Å². The maximum Gasteiger partial charge on any atom is 0.407 e. The number of imide groups is 1. The van der Waals surface area contributed by atoms with E-state index in [1.807, 2.05) is 0 Å². The minimum absolute atomic E-state index is 0.0278. The Morgan fingerprint density at radius 1 is 1.19 bits per heavy atom. The number of ether oxygens (including phenoxy) is 1. The molecule has 0 aromatic rings. The lowest BCUT2D eigenvalue weighted by atomic mass is 9.95. The standard InChI is InChI=1S/C19H29N5O7/c1-19(2,3)30-18(29)21-10-5-4-6-13(12-14(25)9-11-22-23-20)17(28)31-24-15(26)7-8-16(24)27/h13H,4-12H2,1-3H3,(H,21,29)/t13-/m1/s1. The van der Waals surface area contributed by atoms with E-state index in [9.17, 15) is 24.0 Å². The van der Waals surface area contributed by atoms with E-state index in [0.717, 1.165) is 0 Å². The molecule has 1 aliphatic rings. The summed E-state index contributed by atoms with van der Waals surface area (Å²) in [6.07, 6.45) is 0.418. The van der Waals surface area contributed by atoms with Crippen LogP contribution >= 0.6 is 0 Å². The van der Waals surface area contributed by atoms with Crippen molar-refractivity contribution in [1.82, 2.24) is 10.4 Å².